The van der Waals surface area contributed by atoms with Crippen LogP contribution in [0.4, 0.5) is 0 Å². The molecule has 1 fully saturated rings. The Morgan fingerprint density at radius 2 is 1.72 bits per heavy atom. The summed E-state index contributed by atoms with van der Waals surface area (Å²) in [6.45, 7) is 9.62. The van der Waals surface area contributed by atoms with E-state index >= 15 is 0 Å². The lowest BCUT2D eigenvalue weighted by Gasteiger charge is -2.50. The number of piperazine rings is 1. The Hall–Kier alpha value is -5.35. The first-order valence-corrected chi connectivity index (χ1v) is 14.9. The normalized spacial score (nSPS) is 22.8. The highest BCUT2D eigenvalue weighted by Crippen LogP contribution is 2.57. The summed E-state index contributed by atoms with van der Waals surface area (Å²) in [5.41, 5.74) is -1.23. The monoisotopic (exact) mass is 619 g/mol. The minimum Gasteiger partial charge on any atom is -0.507 e. The fourth-order valence-electron chi connectivity index (χ4n) is 7.41. The molecule has 4 aromatic rings. The van der Waals surface area contributed by atoms with Crippen molar-refractivity contribution in [2.24, 2.45) is 0 Å². The number of carbonyl (C=O) groups excluding carboxylic acids is 3. The first kappa shape index (κ1) is 29.4. The number of allylic oxidation sites excluding steroid dienone is 1. The van der Waals surface area contributed by atoms with Gasteiger partial charge >= 0.3 is 0 Å². The van der Waals surface area contributed by atoms with Crippen molar-refractivity contribution in [3.63, 3.8) is 0 Å². The Morgan fingerprint density at radius 1 is 1.00 bits per heavy atom. The van der Waals surface area contributed by atoms with Gasteiger partial charge in [0.1, 0.15) is 34.1 Å². The van der Waals surface area contributed by atoms with Gasteiger partial charge in [-0.3, -0.25) is 14.4 Å². The van der Waals surface area contributed by atoms with Crippen LogP contribution in [0.3, 0.4) is 0 Å². The predicted octanol–water partition coefficient (Wildman–Crippen LogP) is 4.42. The molecule has 3 aromatic carbocycles. The van der Waals surface area contributed by atoms with Crippen LogP contribution in [0.2, 0.25) is 0 Å². The Kier molecular flexibility index (Phi) is 6.11. The van der Waals surface area contributed by atoms with E-state index in [4.69, 9.17) is 4.74 Å². The zero-order valence-electron chi connectivity index (χ0n) is 25.8. The van der Waals surface area contributed by atoms with E-state index in [1.165, 1.54) is 25.3 Å². The molecule has 0 unspecified atom stereocenters. The van der Waals surface area contributed by atoms with Crippen LogP contribution in [0.1, 0.15) is 76.1 Å². The molecule has 10 nitrogen and oxygen atoms in total. The van der Waals surface area contributed by atoms with E-state index < -0.39 is 45.7 Å². The third kappa shape index (κ3) is 3.76. The van der Waals surface area contributed by atoms with Gasteiger partial charge in [0.25, 0.3) is 11.8 Å². The van der Waals surface area contributed by atoms with Gasteiger partial charge in [-0.05, 0) is 55.2 Å². The number of fused-ring (bicyclic) bond motifs is 4. The number of hydrogen-bond donors (Lipinski definition) is 6. The second kappa shape index (κ2) is 9.58. The van der Waals surface area contributed by atoms with Gasteiger partial charge in [-0.2, -0.15) is 0 Å². The van der Waals surface area contributed by atoms with Crippen LogP contribution < -0.4 is 15.4 Å². The van der Waals surface area contributed by atoms with Crippen molar-refractivity contribution in [3.05, 3.63) is 105 Å². The molecule has 234 valence electrons. The average molecular weight is 620 g/mol. The second-order valence-electron chi connectivity index (χ2n) is 12.9. The molecule has 0 radical (unpaired) electrons. The van der Waals surface area contributed by atoms with Crippen molar-refractivity contribution in [2.75, 3.05) is 7.11 Å². The number of rotatable bonds is 4. The Labute approximate surface area is 264 Å². The van der Waals surface area contributed by atoms with Crippen molar-refractivity contribution in [1.29, 1.82) is 0 Å². The molecule has 2 amide bonds. The topological polar surface area (TPSA) is 161 Å². The molecule has 10 heteroatoms. The highest BCUT2D eigenvalue weighted by Gasteiger charge is 2.59. The summed E-state index contributed by atoms with van der Waals surface area (Å²) in [5, 5.41) is 40.8. The number of aromatic hydroxyl groups is 2. The largest absolute Gasteiger partial charge is 0.507 e. The predicted molar refractivity (Wildman–Crippen MR) is 171 cm³/mol. The van der Waals surface area contributed by atoms with Gasteiger partial charge in [-0.25, -0.2) is 0 Å². The number of aromatic nitrogens is 1. The van der Waals surface area contributed by atoms with Crippen molar-refractivity contribution >= 4 is 34.6 Å². The Bertz CT molecular complexity index is 2110. The molecule has 2 heterocycles. The molecule has 2 aliphatic carbocycles. The summed E-state index contributed by atoms with van der Waals surface area (Å²) in [5.74, 6) is -2.42. The molecule has 1 spiro atoms. The number of H-pyrrole nitrogens is 1. The molecule has 46 heavy (non-hydrogen) atoms. The highest BCUT2D eigenvalue weighted by atomic mass is 16.5. The second-order valence-corrected chi connectivity index (χ2v) is 12.9. The minimum atomic E-state index is -1.88. The van der Waals surface area contributed by atoms with E-state index in [1.54, 1.807) is 13.0 Å². The SMILES string of the molecule is C=CC(C)(C)c1[nH]c2ccccc2c1/C=C1/NC(=O)[C@]2(CC[C@]3(O)c4cc(OC)cc(O)c4C(=O)c4c(O)cc(C)c2c43)NC1=O. The molecule has 7 rings (SSSR count). The van der Waals surface area contributed by atoms with Crippen LogP contribution in [-0.2, 0) is 26.1 Å². The first-order chi connectivity index (χ1) is 21.8. The number of benzene rings is 3. The van der Waals surface area contributed by atoms with Crippen LogP contribution in [0.15, 0.2) is 60.8 Å². The number of aryl methyl sites for hydroxylation is 1. The zero-order valence-corrected chi connectivity index (χ0v) is 25.8. The fourth-order valence-corrected chi connectivity index (χ4v) is 7.41. The van der Waals surface area contributed by atoms with Crippen LogP contribution >= 0.6 is 0 Å². The summed E-state index contributed by atoms with van der Waals surface area (Å²) in [4.78, 5) is 45.5. The number of carbonyl (C=O) groups is 3. The van der Waals surface area contributed by atoms with E-state index in [1.807, 2.05) is 44.2 Å². The van der Waals surface area contributed by atoms with Crippen molar-refractivity contribution in [1.82, 2.24) is 15.6 Å². The van der Waals surface area contributed by atoms with Crippen molar-refractivity contribution in [3.8, 4) is 17.2 Å². The van der Waals surface area contributed by atoms with Gasteiger partial charge in [0.05, 0.1) is 18.2 Å². The lowest BCUT2D eigenvalue weighted by atomic mass is 9.60. The molecule has 2 atom stereocenters. The summed E-state index contributed by atoms with van der Waals surface area (Å²) in [6, 6.07) is 11.7. The molecule has 1 aromatic heterocycles. The lowest BCUT2D eigenvalue weighted by molar-refractivity contribution is -0.138. The standard InChI is InChI=1S/C36H33N3O7/c1-6-34(3,4)31-20(19-9-7-8-10-22(19)37-31)16-23-32(43)39-35(33(44)38-23)11-12-36(45)21-14-18(46-5)15-25(41)26(21)30(42)27-24(40)13-17(2)28(35)29(27)36/h6-10,13-16,37,40-41,45H,1,11-12H2,2-5H3,(H,38,44)(H,39,43)/b23-16+/t35-,36+/m1/s1. The van der Waals surface area contributed by atoms with Gasteiger partial charge in [-0.1, -0.05) is 38.1 Å². The maximum Gasteiger partial charge on any atom is 0.268 e. The number of phenols is 2. The number of amides is 2. The van der Waals surface area contributed by atoms with E-state index in [0.717, 1.165) is 22.2 Å². The maximum absolute atomic E-state index is 14.3. The highest BCUT2D eigenvalue weighted by molar-refractivity contribution is 6.18. The summed E-state index contributed by atoms with van der Waals surface area (Å²) in [6.07, 6.45) is 3.30. The maximum atomic E-state index is 14.3. The molecule has 3 aliphatic rings. The van der Waals surface area contributed by atoms with E-state index in [9.17, 15) is 29.7 Å². The quantitative estimate of drug-likeness (QED) is 0.146. The van der Waals surface area contributed by atoms with Crippen LogP contribution in [0, 0.1) is 6.92 Å². The fraction of sp³-hybridized carbons (Fsp3) is 0.250. The molecule has 1 aliphatic heterocycles. The minimum absolute atomic E-state index is 0.0240. The van der Waals surface area contributed by atoms with Gasteiger partial charge in [0, 0.05) is 44.8 Å². The van der Waals surface area contributed by atoms with E-state index in [0.29, 0.717) is 5.56 Å². The Morgan fingerprint density at radius 3 is 2.43 bits per heavy atom. The van der Waals surface area contributed by atoms with Gasteiger partial charge in [0.15, 0.2) is 0 Å². The number of aromatic amines is 1. The van der Waals surface area contributed by atoms with E-state index in [-0.39, 0.29) is 52.1 Å². The van der Waals surface area contributed by atoms with E-state index in [2.05, 4.69) is 22.2 Å². The van der Waals surface area contributed by atoms with Crippen molar-refractivity contribution in [2.45, 2.75) is 50.2 Å². The molecule has 6 N–H and O–H groups in total. The smallest absolute Gasteiger partial charge is 0.268 e. The van der Waals surface area contributed by atoms with Gasteiger partial charge in [0.2, 0.25) is 5.78 Å². The number of ether oxygens (including phenoxy) is 1. The molecule has 0 saturated carbocycles. The molecule has 1 saturated heterocycles. The lowest BCUT2D eigenvalue weighted by Crippen LogP contribution is -2.65. The first-order valence-electron chi connectivity index (χ1n) is 14.9. The van der Waals surface area contributed by atoms with Crippen LogP contribution in [0.5, 0.6) is 17.2 Å². The van der Waals surface area contributed by atoms with Crippen LogP contribution in [-0.4, -0.2) is 45.0 Å². The molecular weight excluding hydrogens is 586 g/mol. The number of phenolic OH excluding ortho intramolecular Hbond substituents is 2. The molecule has 0 bridgehead atoms. The Balaban J connectivity index is 1.39. The summed E-state index contributed by atoms with van der Waals surface area (Å²) < 4.78 is 5.31. The number of hydrogen-bond acceptors (Lipinski definition) is 7. The summed E-state index contributed by atoms with van der Waals surface area (Å²) in [7, 11) is 1.39. The number of methoxy groups -OCH3 is 1. The van der Waals surface area contributed by atoms with Gasteiger partial charge in [-0.15, -0.1) is 6.58 Å². The third-order valence-corrected chi connectivity index (χ3v) is 9.83. The number of aliphatic hydroxyl groups is 1. The number of ketones is 1. The third-order valence-electron chi connectivity index (χ3n) is 9.83. The summed E-state index contributed by atoms with van der Waals surface area (Å²) >= 11 is 0. The number of nitrogens with one attached hydrogen (secondary N) is 3. The zero-order chi connectivity index (χ0) is 32.9. The van der Waals surface area contributed by atoms with Crippen LogP contribution in [0.25, 0.3) is 17.0 Å². The van der Waals surface area contributed by atoms with Gasteiger partial charge < -0.3 is 35.7 Å². The average Bonchev–Trinajstić information content (AvgIpc) is 3.39. The van der Waals surface area contributed by atoms with Crippen molar-refractivity contribution < 1.29 is 34.4 Å². The number of para-hydroxylation sites is 1. The molecular formula is C36H33N3O7.